The Bertz CT molecular complexity index is 1140. The van der Waals surface area contributed by atoms with Gasteiger partial charge >= 0.3 is 0 Å². The van der Waals surface area contributed by atoms with Gasteiger partial charge in [-0.25, -0.2) is 9.37 Å². The Morgan fingerprint density at radius 2 is 1.82 bits per heavy atom. The molecule has 6 nitrogen and oxygen atoms in total. The Kier molecular flexibility index (Phi) is 8.12. The number of rotatable bonds is 10. The Labute approximate surface area is 197 Å². The summed E-state index contributed by atoms with van der Waals surface area (Å²) in [6.07, 6.45) is 4.61. The number of thioether (sulfide) groups is 1. The van der Waals surface area contributed by atoms with E-state index < -0.39 is 0 Å². The molecule has 174 valence electrons. The second kappa shape index (κ2) is 11.4. The zero-order chi connectivity index (χ0) is 23.0. The minimum Gasteiger partial charge on any atom is -0.355 e. The number of benzene rings is 2. The normalized spacial score (nSPS) is 14.1. The number of aromatic nitrogens is 2. The van der Waals surface area contributed by atoms with E-state index in [-0.39, 0.29) is 17.3 Å². The largest absolute Gasteiger partial charge is 0.355 e. The monoisotopic (exact) mass is 468 g/mol. The molecule has 0 spiro atoms. The van der Waals surface area contributed by atoms with Crippen LogP contribution in [0.4, 0.5) is 4.39 Å². The summed E-state index contributed by atoms with van der Waals surface area (Å²) in [7, 11) is 0. The molecule has 33 heavy (non-hydrogen) atoms. The maximum absolute atomic E-state index is 13.4. The van der Waals surface area contributed by atoms with Crippen LogP contribution in [0.2, 0.25) is 0 Å². The number of likely N-dealkylation sites (tertiary alicyclic amines) is 1. The van der Waals surface area contributed by atoms with E-state index in [0.29, 0.717) is 34.7 Å². The van der Waals surface area contributed by atoms with E-state index in [1.165, 1.54) is 41.3 Å². The lowest BCUT2D eigenvalue weighted by Crippen LogP contribution is -2.33. The second-order valence-electron chi connectivity index (χ2n) is 8.23. The molecule has 3 aromatic rings. The molecule has 2 heterocycles. The summed E-state index contributed by atoms with van der Waals surface area (Å²) in [5.41, 5.74) is 1.05. The Morgan fingerprint density at radius 1 is 1.06 bits per heavy atom. The third-order valence-corrected chi connectivity index (χ3v) is 6.83. The molecule has 1 saturated heterocycles. The first-order valence-electron chi connectivity index (χ1n) is 11.5. The van der Waals surface area contributed by atoms with Crippen molar-refractivity contribution < 1.29 is 9.18 Å². The number of amides is 1. The molecular formula is C25H29FN4O2S. The molecule has 4 rings (SSSR count). The van der Waals surface area contributed by atoms with Gasteiger partial charge in [0, 0.05) is 25.3 Å². The van der Waals surface area contributed by atoms with Gasteiger partial charge in [-0.1, -0.05) is 23.9 Å². The molecule has 0 bridgehead atoms. The number of nitrogens with one attached hydrogen (secondary N) is 1. The maximum atomic E-state index is 13.4. The van der Waals surface area contributed by atoms with Crippen LogP contribution in [0.15, 0.2) is 58.5 Å². The number of halogens is 1. The minimum absolute atomic E-state index is 0.0891. The zero-order valence-electron chi connectivity index (χ0n) is 18.6. The highest BCUT2D eigenvalue weighted by Gasteiger charge is 2.14. The third kappa shape index (κ3) is 6.21. The molecular weight excluding hydrogens is 439 g/mol. The molecule has 0 aliphatic carbocycles. The van der Waals surface area contributed by atoms with Crippen LogP contribution >= 0.6 is 11.8 Å². The van der Waals surface area contributed by atoms with Crippen molar-refractivity contribution in [1.82, 2.24) is 19.8 Å². The van der Waals surface area contributed by atoms with Gasteiger partial charge in [-0.05, 0) is 75.2 Å². The van der Waals surface area contributed by atoms with Gasteiger partial charge in [-0.15, -0.1) is 0 Å². The van der Waals surface area contributed by atoms with E-state index in [0.717, 1.165) is 38.2 Å². The topological polar surface area (TPSA) is 67.2 Å². The number of para-hydroxylation sites is 1. The summed E-state index contributed by atoms with van der Waals surface area (Å²) in [6.45, 7) is 3.91. The smallest absolute Gasteiger partial charge is 0.266 e. The van der Waals surface area contributed by atoms with Crippen molar-refractivity contribution in [2.45, 2.75) is 37.3 Å². The van der Waals surface area contributed by atoms with Crippen molar-refractivity contribution in [3.05, 3.63) is 64.7 Å². The quantitative estimate of drug-likeness (QED) is 0.277. The first-order valence-corrected chi connectivity index (χ1v) is 12.5. The number of carbonyl (C=O) groups excluding carboxylic acids is 1. The number of unbranched alkanes of at least 4 members (excludes halogenated alkanes) is 1. The number of hydrogen-bond acceptors (Lipinski definition) is 5. The highest BCUT2D eigenvalue weighted by atomic mass is 32.2. The predicted octanol–water partition coefficient (Wildman–Crippen LogP) is 4.00. The molecule has 1 amide bonds. The van der Waals surface area contributed by atoms with E-state index in [1.54, 1.807) is 18.2 Å². The highest BCUT2D eigenvalue weighted by molar-refractivity contribution is 7.99. The zero-order valence-corrected chi connectivity index (χ0v) is 19.5. The van der Waals surface area contributed by atoms with E-state index in [1.807, 2.05) is 18.2 Å². The lowest BCUT2D eigenvalue weighted by atomic mass is 10.2. The number of hydrogen-bond donors (Lipinski definition) is 1. The van der Waals surface area contributed by atoms with Crippen molar-refractivity contribution in [3.8, 4) is 5.69 Å². The van der Waals surface area contributed by atoms with Crippen LogP contribution in [0, 0.1) is 5.82 Å². The summed E-state index contributed by atoms with van der Waals surface area (Å²) < 4.78 is 15.0. The molecule has 1 N–H and O–H groups in total. The Balaban J connectivity index is 1.34. The number of nitrogens with zero attached hydrogens (tertiary/aromatic N) is 3. The summed E-state index contributed by atoms with van der Waals surface area (Å²) in [4.78, 5) is 32.3. The Morgan fingerprint density at radius 3 is 2.61 bits per heavy atom. The number of carbonyl (C=O) groups is 1. The summed E-state index contributed by atoms with van der Waals surface area (Å²) in [5.74, 6) is 0.465. The van der Waals surface area contributed by atoms with Crippen molar-refractivity contribution in [1.29, 1.82) is 0 Å². The SMILES string of the molecule is O=C(CCCCSc1nc2ccccc2c(=O)n1-c1ccc(F)cc1)NCCN1CCCC1. The molecule has 2 aromatic carbocycles. The summed E-state index contributed by atoms with van der Waals surface area (Å²) >= 11 is 1.48. The molecule has 0 unspecified atom stereocenters. The summed E-state index contributed by atoms with van der Waals surface area (Å²) in [5, 5.41) is 4.10. The van der Waals surface area contributed by atoms with Gasteiger partial charge < -0.3 is 10.2 Å². The van der Waals surface area contributed by atoms with Gasteiger partial charge in [0.1, 0.15) is 5.82 Å². The maximum Gasteiger partial charge on any atom is 0.266 e. The lowest BCUT2D eigenvalue weighted by Gasteiger charge is -2.14. The molecule has 1 aliphatic rings. The van der Waals surface area contributed by atoms with Crippen LogP contribution in [-0.2, 0) is 4.79 Å². The third-order valence-electron chi connectivity index (χ3n) is 5.81. The minimum atomic E-state index is -0.353. The van der Waals surface area contributed by atoms with E-state index in [4.69, 9.17) is 4.98 Å². The second-order valence-corrected chi connectivity index (χ2v) is 9.29. The van der Waals surface area contributed by atoms with Crippen LogP contribution < -0.4 is 10.9 Å². The van der Waals surface area contributed by atoms with E-state index >= 15 is 0 Å². The average molecular weight is 469 g/mol. The van der Waals surface area contributed by atoms with Crippen molar-refractivity contribution in [2.24, 2.45) is 0 Å². The first kappa shape index (κ1) is 23.4. The highest BCUT2D eigenvalue weighted by Crippen LogP contribution is 2.22. The van der Waals surface area contributed by atoms with E-state index in [9.17, 15) is 14.0 Å². The van der Waals surface area contributed by atoms with Crippen molar-refractivity contribution in [2.75, 3.05) is 31.9 Å². The van der Waals surface area contributed by atoms with Crippen molar-refractivity contribution >= 4 is 28.6 Å². The predicted molar refractivity (Wildman–Crippen MR) is 131 cm³/mol. The van der Waals surface area contributed by atoms with Gasteiger partial charge in [0.05, 0.1) is 16.6 Å². The molecule has 0 saturated carbocycles. The van der Waals surface area contributed by atoms with Crippen LogP contribution in [0.1, 0.15) is 32.1 Å². The van der Waals surface area contributed by atoms with E-state index in [2.05, 4.69) is 10.2 Å². The first-order chi connectivity index (χ1) is 16.1. The van der Waals surface area contributed by atoms with Gasteiger partial charge in [0.15, 0.2) is 5.16 Å². The fourth-order valence-corrected chi connectivity index (χ4v) is 5.04. The van der Waals surface area contributed by atoms with Gasteiger partial charge in [-0.3, -0.25) is 14.2 Å². The van der Waals surface area contributed by atoms with Crippen molar-refractivity contribution in [3.63, 3.8) is 0 Å². The van der Waals surface area contributed by atoms with Crippen LogP contribution in [0.5, 0.6) is 0 Å². The van der Waals surface area contributed by atoms with Gasteiger partial charge in [0.25, 0.3) is 5.56 Å². The molecule has 1 aliphatic heterocycles. The van der Waals surface area contributed by atoms with Crippen LogP contribution in [-0.4, -0.2) is 52.3 Å². The molecule has 1 fully saturated rings. The van der Waals surface area contributed by atoms with Gasteiger partial charge in [-0.2, -0.15) is 0 Å². The molecule has 0 atom stereocenters. The molecule has 0 radical (unpaired) electrons. The van der Waals surface area contributed by atoms with Crippen LogP contribution in [0.3, 0.4) is 0 Å². The summed E-state index contributed by atoms with van der Waals surface area (Å²) in [6, 6.07) is 13.1. The fraction of sp³-hybridized carbons (Fsp3) is 0.400. The lowest BCUT2D eigenvalue weighted by molar-refractivity contribution is -0.121. The Hall–Kier alpha value is -2.71. The molecule has 1 aromatic heterocycles. The number of fused-ring (bicyclic) bond motifs is 1. The fourth-order valence-electron chi connectivity index (χ4n) is 4.03. The molecule has 8 heteroatoms. The van der Waals surface area contributed by atoms with Crippen LogP contribution in [0.25, 0.3) is 16.6 Å². The van der Waals surface area contributed by atoms with Gasteiger partial charge in [0.2, 0.25) is 5.91 Å². The standard InChI is InChI=1S/C25H29FN4O2S/c26-19-10-12-20(13-11-19)30-24(32)21-7-1-2-8-22(21)28-25(30)33-18-6-3-9-23(31)27-14-17-29-15-4-5-16-29/h1-2,7-8,10-13H,3-6,9,14-18H2,(H,27,31). The average Bonchev–Trinajstić information content (AvgIpc) is 3.33.